The Morgan fingerprint density at radius 3 is 2.51 bits per heavy atom. The van der Waals surface area contributed by atoms with Crippen LogP contribution in [-0.2, 0) is 9.53 Å². The molecule has 0 saturated carbocycles. The van der Waals surface area contributed by atoms with Gasteiger partial charge in [0.05, 0.1) is 38.3 Å². The highest BCUT2D eigenvalue weighted by atomic mass is 35.5. The molecule has 45 heavy (non-hydrogen) atoms. The first kappa shape index (κ1) is 30.1. The number of carbonyl (C=O) groups excluding carboxylic acids is 1. The van der Waals surface area contributed by atoms with Gasteiger partial charge in [-0.15, -0.1) is 0 Å². The van der Waals surface area contributed by atoms with E-state index in [2.05, 4.69) is 9.97 Å². The number of nitro groups is 1. The molecule has 224 valence electrons. The number of hydrogen-bond acceptors (Lipinski definition) is 10. The second-order valence-electron chi connectivity index (χ2n) is 9.60. The molecule has 0 saturated heterocycles. The second kappa shape index (κ2) is 13.0. The number of ether oxygens (including phenoxy) is 1. The van der Waals surface area contributed by atoms with Crippen LogP contribution in [0.25, 0.3) is 11.8 Å². The van der Waals surface area contributed by atoms with Gasteiger partial charge in [-0.1, -0.05) is 71.5 Å². The number of halogens is 1. The Balaban J connectivity index is 1.54. The molecule has 0 radical (unpaired) electrons. The maximum absolute atomic E-state index is 14.1. The minimum atomic E-state index is -0.867. The largest absolute Gasteiger partial charge is 0.463 e. The first-order valence-corrected chi connectivity index (χ1v) is 15.6. The van der Waals surface area contributed by atoms with Crippen LogP contribution < -0.4 is 14.9 Å². The fraction of sp³-hybridized carbons (Fsp3) is 0.0938. The predicted octanol–water partition coefficient (Wildman–Crippen LogP) is 5.44. The lowest BCUT2D eigenvalue weighted by Gasteiger charge is -2.25. The quantitative estimate of drug-likeness (QED) is 0.0936. The van der Waals surface area contributed by atoms with Crippen LogP contribution in [0.5, 0.6) is 0 Å². The third-order valence-corrected chi connectivity index (χ3v) is 8.97. The van der Waals surface area contributed by atoms with E-state index in [9.17, 15) is 19.7 Å². The van der Waals surface area contributed by atoms with Crippen LogP contribution in [0.3, 0.4) is 0 Å². The normalized spacial score (nSPS) is 14.5. The van der Waals surface area contributed by atoms with Crippen molar-refractivity contribution in [2.75, 3.05) is 6.61 Å². The highest BCUT2D eigenvalue weighted by Crippen LogP contribution is 2.36. The van der Waals surface area contributed by atoms with Crippen LogP contribution in [0.1, 0.15) is 29.7 Å². The van der Waals surface area contributed by atoms with Gasteiger partial charge in [-0.3, -0.25) is 19.5 Å². The van der Waals surface area contributed by atoms with Gasteiger partial charge in [0.1, 0.15) is 0 Å². The summed E-state index contributed by atoms with van der Waals surface area (Å²) >= 11 is 8.39. The lowest BCUT2D eigenvalue weighted by atomic mass is 9.93. The number of rotatable bonds is 8. The van der Waals surface area contributed by atoms with Crippen molar-refractivity contribution in [3.8, 4) is 0 Å². The Morgan fingerprint density at radius 1 is 1.09 bits per heavy atom. The number of thiazole rings is 1. The van der Waals surface area contributed by atoms with Crippen molar-refractivity contribution in [3.63, 3.8) is 0 Å². The van der Waals surface area contributed by atoms with E-state index >= 15 is 0 Å². The van der Waals surface area contributed by atoms with Crippen molar-refractivity contribution in [1.29, 1.82) is 0 Å². The van der Waals surface area contributed by atoms with Crippen molar-refractivity contribution < 1.29 is 14.5 Å². The van der Waals surface area contributed by atoms with E-state index in [-0.39, 0.29) is 22.4 Å². The van der Waals surface area contributed by atoms with Gasteiger partial charge in [-0.25, -0.2) is 19.8 Å². The second-order valence-corrected chi connectivity index (χ2v) is 12.1. The van der Waals surface area contributed by atoms with Crippen LogP contribution in [0, 0.1) is 10.1 Å². The Kier molecular flexibility index (Phi) is 8.69. The first-order chi connectivity index (χ1) is 21.8. The van der Waals surface area contributed by atoms with E-state index in [1.54, 1.807) is 67.9 Å². The van der Waals surface area contributed by atoms with Gasteiger partial charge in [0.25, 0.3) is 11.2 Å². The van der Waals surface area contributed by atoms with Gasteiger partial charge in [0.2, 0.25) is 0 Å². The molecule has 6 rings (SSSR count). The summed E-state index contributed by atoms with van der Waals surface area (Å²) in [5.41, 5.74) is 1.81. The lowest BCUT2D eigenvalue weighted by molar-refractivity contribution is -0.387. The van der Waals surface area contributed by atoms with Crippen LogP contribution in [-0.4, -0.2) is 32.0 Å². The van der Waals surface area contributed by atoms with Crippen LogP contribution in [0.15, 0.2) is 117 Å². The first-order valence-electron chi connectivity index (χ1n) is 13.6. The van der Waals surface area contributed by atoms with Gasteiger partial charge in [-0.05, 0) is 60.2 Å². The Bertz CT molecular complexity index is 2130. The molecule has 0 amide bonds. The van der Waals surface area contributed by atoms with E-state index in [0.29, 0.717) is 42.3 Å². The lowest BCUT2D eigenvalue weighted by Crippen LogP contribution is -2.40. The fourth-order valence-electron chi connectivity index (χ4n) is 4.84. The van der Waals surface area contributed by atoms with Gasteiger partial charge in [0, 0.05) is 29.0 Å². The van der Waals surface area contributed by atoms with Crippen molar-refractivity contribution in [1.82, 2.24) is 14.5 Å². The third kappa shape index (κ3) is 6.21. The molecule has 0 fully saturated rings. The number of fused-ring (bicyclic) bond motifs is 1. The van der Waals surface area contributed by atoms with E-state index < -0.39 is 22.5 Å². The maximum Gasteiger partial charge on any atom is 0.338 e. The van der Waals surface area contributed by atoms with Crippen LogP contribution in [0.4, 0.5) is 5.69 Å². The monoisotopic (exact) mass is 655 g/mol. The number of aromatic nitrogens is 3. The van der Waals surface area contributed by atoms with Crippen molar-refractivity contribution in [3.05, 3.63) is 148 Å². The predicted molar refractivity (Wildman–Crippen MR) is 172 cm³/mol. The fourth-order valence-corrected chi connectivity index (χ4v) is 6.77. The van der Waals surface area contributed by atoms with Gasteiger partial charge < -0.3 is 4.74 Å². The number of esters is 1. The average Bonchev–Trinajstić information content (AvgIpc) is 3.36. The SMILES string of the molecule is CCOC(=O)C1=C(c2ccccc2)N=c2s/c(=C/c3ccc(Sc4ncccn4)c([N+](=O)[O-])c3)c(=O)n2[C@H]1c1ccc(Cl)cc1. The van der Waals surface area contributed by atoms with E-state index in [4.69, 9.17) is 21.3 Å². The Labute approximate surface area is 269 Å². The number of carbonyl (C=O) groups is 1. The minimum absolute atomic E-state index is 0.131. The molecule has 1 atom stereocenters. The van der Waals surface area contributed by atoms with E-state index in [1.165, 1.54) is 10.6 Å². The number of hydrogen-bond donors (Lipinski definition) is 0. The van der Waals surface area contributed by atoms with Gasteiger partial charge in [0.15, 0.2) is 9.96 Å². The summed E-state index contributed by atoms with van der Waals surface area (Å²) in [5.74, 6) is -0.597. The molecule has 3 heterocycles. The van der Waals surface area contributed by atoms with Crippen molar-refractivity contribution in [2.45, 2.75) is 23.0 Å². The molecule has 0 bridgehead atoms. The molecule has 0 spiro atoms. The number of nitrogens with zero attached hydrogens (tertiary/aromatic N) is 5. The van der Waals surface area contributed by atoms with Gasteiger partial charge >= 0.3 is 5.97 Å². The molecule has 10 nitrogen and oxygen atoms in total. The summed E-state index contributed by atoms with van der Waals surface area (Å²) in [6.45, 7) is 1.84. The summed E-state index contributed by atoms with van der Waals surface area (Å²) < 4.78 is 7.22. The molecule has 0 aliphatic carbocycles. The zero-order valence-electron chi connectivity index (χ0n) is 23.5. The summed E-state index contributed by atoms with van der Waals surface area (Å²) in [6.07, 6.45) is 4.70. The van der Waals surface area contributed by atoms with Crippen LogP contribution in [0.2, 0.25) is 5.02 Å². The maximum atomic E-state index is 14.1. The summed E-state index contributed by atoms with van der Waals surface area (Å²) in [4.78, 5) is 53.0. The Hall–Kier alpha value is -4.91. The van der Waals surface area contributed by atoms with Crippen molar-refractivity contribution >= 4 is 58.1 Å². The van der Waals surface area contributed by atoms with Gasteiger partial charge in [-0.2, -0.15) is 0 Å². The minimum Gasteiger partial charge on any atom is -0.463 e. The summed E-state index contributed by atoms with van der Waals surface area (Å²) in [5, 5.41) is 12.9. The van der Waals surface area contributed by atoms with Crippen molar-refractivity contribution in [2.24, 2.45) is 4.99 Å². The van der Waals surface area contributed by atoms with E-state index in [0.717, 1.165) is 23.1 Å². The smallest absolute Gasteiger partial charge is 0.338 e. The van der Waals surface area contributed by atoms with E-state index in [1.807, 2.05) is 30.3 Å². The molecule has 0 N–H and O–H groups in total. The molecule has 1 aliphatic rings. The summed E-state index contributed by atoms with van der Waals surface area (Å²) in [6, 6.07) is 21.6. The van der Waals surface area contributed by atoms with Crippen LogP contribution >= 0.6 is 34.7 Å². The molecular formula is C32H22ClN5O5S2. The molecule has 13 heteroatoms. The number of nitro benzene ring substituents is 1. The molecule has 1 aliphatic heterocycles. The third-order valence-electron chi connectivity index (χ3n) is 6.78. The molecule has 0 unspecified atom stereocenters. The highest BCUT2D eigenvalue weighted by Gasteiger charge is 2.35. The average molecular weight is 656 g/mol. The Morgan fingerprint density at radius 2 is 1.82 bits per heavy atom. The molecule has 2 aromatic heterocycles. The molecular weight excluding hydrogens is 634 g/mol. The highest BCUT2D eigenvalue weighted by molar-refractivity contribution is 7.99. The topological polar surface area (TPSA) is 130 Å². The molecule has 5 aromatic rings. The zero-order valence-corrected chi connectivity index (χ0v) is 25.9. The standard InChI is InChI=1S/C32H22ClN5O5S2/c1-2-43-30(40)26-27(20-7-4-3-5-8-20)36-32-37(28(26)21-10-12-22(33)13-11-21)29(39)25(45-32)18-19-9-14-24(23(17-19)38(41)42)44-31-34-15-6-16-35-31/h3-18,28H,2H2,1H3/b25-18+/t28-/m0/s1. The summed E-state index contributed by atoms with van der Waals surface area (Å²) in [7, 11) is 0. The zero-order chi connectivity index (χ0) is 31.5. The number of benzene rings is 3. The molecule has 3 aromatic carbocycles.